The summed E-state index contributed by atoms with van der Waals surface area (Å²) < 4.78 is 28.2. The van der Waals surface area contributed by atoms with E-state index in [0.717, 1.165) is 18.0 Å². The summed E-state index contributed by atoms with van der Waals surface area (Å²) in [6.45, 7) is 2.08. The molecular weight excluding hydrogens is 344 g/mol. The maximum Gasteiger partial charge on any atom is 0.322 e. The van der Waals surface area contributed by atoms with Crippen molar-refractivity contribution in [2.75, 3.05) is 36.4 Å². The zero-order valence-electron chi connectivity index (χ0n) is 13.6. The van der Waals surface area contributed by atoms with Crippen molar-refractivity contribution in [1.29, 1.82) is 0 Å². The number of nitrogens with zero attached hydrogens (tertiary/aromatic N) is 6. The minimum Gasteiger partial charge on any atom is -0.352 e. The number of urea groups is 1. The van der Waals surface area contributed by atoms with Gasteiger partial charge in [0.15, 0.2) is 5.65 Å². The van der Waals surface area contributed by atoms with Crippen LogP contribution in [0.5, 0.6) is 0 Å². The largest absolute Gasteiger partial charge is 0.352 e. The van der Waals surface area contributed by atoms with Crippen LogP contribution in [0.1, 0.15) is 0 Å². The number of aromatic nitrogens is 4. The van der Waals surface area contributed by atoms with Gasteiger partial charge in [-0.1, -0.05) is 0 Å². The van der Waals surface area contributed by atoms with Crippen LogP contribution in [-0.2, 0) is 0 Å². The predicted molar refractivity (Wildman–Crippen MR) is 89.9 cm³/mol. The van der Waals surface area contributed by atoms with Crippen molar-refractivity contribution >= 4 is 23.2 Å². The minimum absolute atomic E-state index is 0.0430. The number of benzene rings is 1. The Bertz CT molecular complexity index is 953. The van der Waals surface area contributed by atoms with Crippen LogP contribution < -0.4 is 10.2 Å². The molecule has 1 fully saturated rings. The molecule has 1 saturated heterocycles. The Kier molecular flexibility index (Phi) is 4.07. The standard InChI is InChI=1S/C16H15F2N7O/c17-11-1-2-13(12(18)9-11)20-16(26)24-7-5-23(6-8-24)15-4-3-14-21-19-10-25(14)22-15/h1-4,9-10H,5-8H2,(H,20,26). The van der Waals surface area contributed by atoms with Crippen molar-refractivity contribution in [3.8, 4) is 0 Å². The third kappa shape index (κ3) is 3.13. The van der Waals surface area contributed by atoms with Gasteiger partial charge in [-0.15, -0.1) is 15.3 Å². The summed E-state index contributed by atoms with van der Waals surface area (Å²) in [6.07, 6.45) is 1.53. The van der Waals surface area contributed by atoms with E-state index in [0.29, 0.717) is 31.8 Å². The third-order valence-corrected chi connectivity index (χ3v) is 4.21. The van der Waals surface area contributed by atoms with Gasteiger partial charge in [0.2, 0.25) is 0 Å². The van der Waals surface area contributed by atoms with Gasteiger partial charge in [-0.2, -0.15) is 4.52 Å². The predicted octanol–water partition coefficient (Wildman–Crippen LogP) is 1.76. The lowest BCUT2D eigenvalue weighted by atomic mass is 10.3. The van der Waals surface area contributed by atoms with E-state index in [4.69, 9.17) is 0 Å². The summed E-state index contributed by atoms with van der Waals surface area (Å²) in [7, 11) is 0. The summed E-state index contributed by atoms with van der Waals surface area (Å²) in [6, 6.07) is 6.30. The molecule has 0 radical (unpaired) electrons. The molecule has 3 aromatic rings. The molecule has 3 heterocycles. The van der Waals surface area contributed by atoms with Crippen molar-refractivity contribution < 1.29 is 13.6 Å². The van der Waals surface area contributed by atoms with Crippen LogP contribution in [0.15, 0.2) is 36.7 Å². The van der Waals surface area contributed by atoms with Gasteiger partial charge in [0.1, 0.15) is 23.8 Å². The molecule has 0 atom stereocenters. The molecule has 0 saturated carbocycles. The Morgan fingerprint density at radius 1 is 1.08 bits per heavy atom. The molecule has 4 rings (SSSR count). The van der Waals surface area contributed by atoms with Crippen LogP contribution in [0.4, 0.5) is 25.1 Å². The summed E-state index contributed by atoms with van der Waals surface area (Å²) in [4.78, 5) is 15.9. The molecule has 8 nitrogen and oxygen atoms in total. The highest BCUT2D eigenvalue weighted by Crippen LogP contribution is 2.17. The van der Waals surface area contributed by atoms with Gasteiger partial charge in [0.05, 0.1) is 5.69 Å². The van der Waals surface area contributed by atoms with Crippen molar-refractivity contribution in [1.82, 2.24) is 24.7 Å². The van der Waals surface area contributed by atoms with Crippen molar-refractivity contribution in [2.45, 2.75) is 0 Å². The molecule has 1 aromatic carbocycles. The molecule has 0 unspecified atom stereocenters. The Balaban J connectivity index is 1.38. The fraction of sp³-hybridized carbons (Fsp3) is 0.250. The molecule has 0 aliphatic carbocycles. The van der Waals surface area contributed by atoms with Crippen molar-refractivity contribution in [3.63, 3.8) is 0 Å². The highest BCUT2D eigenvalue weighted by atomic mass is 19.1. The first-order valence-electron chi connectivity index (χ1n) is 8.03. The number of anilines is 2. The molecule has 26 heavy (non-hydrogen) atoms. The normalized spacial score (nSPS) is 14.7. The summed E-state index contributed by atoms with van der Waals surface area (Å²) in [5.41, 5.74) is 0.617. The first kappa shape index (κ1) is 16.2. The van der Waals surface area contributed by atoms with Crippen molar-refractivity contribution in [3.05, 3.63) is 48.3 Å². The number of rotatable bonds is 2. The van der Waals surface area contributed by atoms with Crippen molar-refractivity contribution in [2.24, 2.45) is 0 Å². The van der Waals surface area contributed by atoms with Gasteiger partial charge >= 0.3 is 6.03 Å². The van der Waals surface area contributed by atoms with E-state index in [9.17, 15) is 13.6 Å². The second kappa shape index (κ2) is 6.54. The molecular formula is C16H15F2N7O. The Hall–Kier alpha value is -3.30. The number of piperazine rings is 1. The van der Waals surface area contributed by atoms with E-state index in [-0.39, 0.29) is 5.69 Å². The molecule has 0 bridgehead atoms. The zero-order valence-corrected chi connectivity index (χ0v) is 13.6. The Labute approximate surface area is 147 Å². The lowest BCUT2D eigenvalue weighted by Crippen LogP contribution is -2.50. The van der Waals surface area contributed by atoms with E-state index in [1.165, 1.54) is 12.4 Å². The van der Waals surface area contributed by atoms with Gasteiger partial charge in [0, 0.05) is 32.2 Å². The SMILES string of the molecule is O=C(Nc1ccc(F)cc1F)N1CCN(c2ccc3nncn3n2)CC1. The Morgan fingerprint density at radius 2 is 1.88 bits per heavy atom. The fourth-order valence-corrected chi connectivity index (χ4v) is 2.81. The quantitative estimate of drug-likeness (QED) is 0.754. The van der Waals surface area contributed by atoms with Crippen LogP contribution in [0, 0.1) is 11.6 Å². The molecule has 0 spiro atoms. The van der Waals surface area contributed by atoms with Gasteiger partial charge in [0.25, 0.3) is 0 Å². The van der Waals surface area contributed by atoms with E-state index < -0.39 is 17.7 Å². The summed E-state index contributed by atoms with van der Waals surface area (Å²) in [5.74, 6) is -0.725. The topological polar surface area (TPSA) is 78.7 Å². The number of carbonyl (C=O) groups excluding carboxylic acids is 1. The number of hydrogen-bond donors (Lipinski definition) is 1. The molecule has 134 valence electrons. The number of nitrogens with one attached hydrogen (secondary N) is 1. The lowest BCUT2D eigenvalue weighted by Gasteiger charge is -2.35. The van der Waals surface area contributed by atoms with Gasteiger partial charge < -0.3 is 15.1 Å². The molecule has 2 aromatic heterocycles. The molecule has 1 N–H and O–H groups in total. The Morgan fingerprint density at radius 3 is 2.65 bits per heavy atom. The summed E-state index contributed by atoms with van der Waals surface area (Å²) >= 11 is 0. The summed E-state index contributed by atoms with van der Waals surface area (Å²) in [5, 5.41) is 14.6. The molecule has 10 heteroatoms. The molecule has 1 aliphatic heterocycles. The van der Waals surface area contributed by atoms with Crippen LogP contribution in [-0.4, -0.2) is 56.9 Å². The highest BCUT2D eigenvalue weighted by Gasteiger charge is 2.23. The number of amides is 2. The van der Waals surface area contributed by atoms with Gasteiger partial charge in [-0.3, -0.25) is 0 Å². The van der Waals surface area contributed by atoms with Gasteiger partial charge in [-0.05, 0) is 24.3 Å². The van der Waals surface area contributed by atoms with E-state index in [1.54, 1.807) is 9.42 Å². The number of hydrogen-bond acceptors (Lipinski definition) is 5. The van der Waals surface area contributed by atoms with Crippen LogP contribution >= 0.6 is 0 Å². The first-order chi connectivity index (χ1) is 12.6. The monoisotopic (exact) mass is 359 g/mol. The van der Waals surface area contributed by atoms with Crippen LogP contribution in [0.25, 0.3) is 5.65 Å². The van der Waals surface area contributed by atoms with Crippen LogP contribution in [0.3, 0.4) is 0 Å². The number of fused-ring (bicyclic) bond motifs is 1. The minimum atomic E-state index is -0.802. The smallest absolute Gasteiger partial charge is 0.322 e. The number of halogens is 2. The first-order valence-corrected chi connectivity index (χ1v) is 8.03. The van der Waals surface area contributed by atoms with Crippen LogP contribution in [0.2, 0.25) is 0 Å². The van der Waals surface area contributed by atoms with E-state index in [1.807, 2.05) is 17.0 Å². The highest BCUT2D eigenvalue weighted by molar-refractivity contribution is 5.89. The second-order valence-electron chi connectivity index (χ2n) is 5.85. The maximum atomic E-state index is 13.7. The lowest BCUT2D eigenvalue weighted by molar-refractivity contribution is 0.208. The van der Waals surface area contributed by atoms with E-state index >= 15 is 0 Å². The second-order valence-corrected chi connectivity index (χ2v) is 5.85. The zero-order chi connectivity index (χ0) is 18.1. The van der Waals surface area contributed by atoms with E-state index in [2.05, 4.69) is 20.6 Å². The number of carbonyl (C=O) groups is 1. The fourth-order valence-electron chi connectivity index (χ4n) is 2.81. The third-order valence-electron chi connectivity index (χ3n) is 4.21. The maximum absolute atomic E-state index is 13.7. The average molecular weight is 359 g/mol. The van der Waals surface area contributed by atoms with Gasteiger partial charge in [-0.25, -0.2) is 13.6 Å². The molecule has 1 aliphatic rings. The average Bonchev–Trinajstić information content (AvgIpc) is 3.12. The molecule has 2 amide bonds.